The Labute approximate surface area is 116 Å². The molecule has 1 aliphatic rings. The summed E-state index contributed by atoms with van der Waals surface area (Å²) in [6, 6.07) is 5.51. The van der Waals surface area contributed by atoms with E-state index in [4.69, 9.17) is 21.9 Å². The fraction of sp³-hybridized carbons (Fsp3) is 0.462. The van der Waals surface area contributed by atoms with E-state index in [0.29, 0.717) is 17.9 Å². The molecule has 19 heavy (non-hydrogen) atoms. The predicted molar refractivity (Wildman–Crippen MR) is 71.8 cm³/mol. The fourth-order valence-electron chi connectivity index (χ4n) is 2.64. The lowest BCUT2D eigenvalue weighted by Gasteiger charge is -2.44. The van der Waals surface area contributed by atoms with Crippen LogP contribution in [0.15, 0.2) is 23.3 Å². The van der Waals surface area contributed by atoms with Crippen LogP contribution in [0.1, 0.15) is 24.0 Å². The molecule has 1 aromatic carbocycles. The smallest absolute Gasteiger partial charge is 0.308 e. The topological polar surface area (TPSA) is 75.1 Å². The Balaban J connectivity index is 2.36. The number of hydrogen-bond acceptors (Lipinski definition) is 3. The summed E-state index contributed by atoms with van der Waals surface area (Å²) in [5.74, 6) is -0.475. The summed E-state index contributed by atoms with van der Waals surface area (Å²) in [6.45, 7) is 1.89. The number of nitrogens with zero attached hydrogens (tertiary/aromatic N) is 3. The molecule has 0 atom stereocenters. The van der Waals surface area contributed by atoms with Crippen molar-refractivity contribution in [1.29, 1.82) is 0 Å². The van der Waals surface area contributed by atoms with Crippen molar-refractivity contribution in [3.63, 3.8) is 0 Å². The highest BCUT2D eigenvalue weighted by atomic mass is 35.5. The van der Waals surface area contributed by atoms with E-state index in [2.05, 4.69) is 10.0 Å². The third kappa shape index (κ3) is 2.27. The summed E-state index contributed by atoms with van der Waals surface area (Å²) in [7, 11) is 1.36. The molecule has 0 unspecified atom stereocenters. The molecule has 1 aliphatic carbocycles. The van der Waals surface area contributed by atoms with Crippen molar-refractivity contribution in [2.75, 3.05) is 7.11 Å². The Kier molecular flexibility index (Phi) is 3.69. The molecule has 6 heteroatoms. The zero-order chi connectivity index (χ0) is 14.0. The maximum Gasteiger partial charge on any atom is 0.308 e. The van der Waals surface area contributed by atoms with Crippen molar-refractivity contribution in [2.45, 2.75) is 25.3 Å². The van der Waals surface area contributed by atoms with Crippen LogP contribution in [0.4, 0.5) is 0 Å². The second-order valence-corrected chi connectivity index (χ2v) is 5.17. The Bertz CT molecular complexity index is 561. The van der Waals surface area contributed by atoms with Crippen LogP contribution in [0.25, 0.3) is 10.4 Å². The molecule has 0 heterocycles. The van der Waals surface area contributed by atoms with Crippen molar-refractivity contribution in [1.82, 2.24) is 0 Å². The standard InChI is InChI=1S/C13H14ClN3O2/c1-8-10(4-3-5-11(8)14)13(16-17-15)6-9(7-13)12(18)19-2/h3-5,9H,6-7H2,1-2H3. The van der Waals surface area contributed by atoms with E-state index in [1.165, 1.54) is 7.11 Å². The van der Waals surface area contributed by atoms with Crippen molar-refractivity contribution in [3.8, 4) is 0 Å². The summed E-state index contributed by atoms with van der Waals surface area (Å²) in [5, 5.41) is 4.55. The molecule has 1 aromatic rings. The first-order chi connectivity index (χ1) is 9.04. The van der Waals surface area contributed by atoms with Crippen molar-refractivity contribution < 1.29 is 9.53 Å². The lowest BCUT2D eigenvalue weighted by atomic mass is 9.64. The predicted octanol–water partition coefficient (Wildman–Crippen LogP) is 3.74. The first kappa shape index (κ1) is 13.7. The molecule has 2 rings (SSSR count). The Hall–Kier alpha value is -1.71. The number of ether oxygens (including phenoxy) is 1. The molecule has 1 saturated carbocycles. The molecule has 1 fully saturated rings. The van der Waals surface area contributed by atoms with Gasteiger partial charge in [0.05, 0.1) is 18.6 Å². The number of azide groups is 1. The van der Waals surface area contributed by atoms with Gasteiger partial charge in [-0.2, -0.15) is 0 Å². The number of methoxy groups -OCH3 is 1. The maximum absolute atomic E-state index is 11.5. The zero-order valence-electron chi connectivity index (χ0n) is 10.8. The highest BCUT2D eigenvalue weighted by molar-refractivity contribution is 6.31. The average molecular weight is 280 g/mol. The van der Waals surface area contributed by atoms with E-state index >= 15 is 0 Å². The van der Waals surface area contributed by atoms with E-state index in [1.54, 1.807) is 6.07 Å². The van der Waals surface area contributed by atoms with Gasteiger partial charge in [0.1, 0.15) is 0 Å². The lowest BCUT2D eigenvalue weighted by Crippen LogP contribution is -2.43. The number of rotatable bonds is 3. The molecule has 100 valence electrons. The van der Waals surface area contributed by atoms with Crippen LogP contribution in [0, 0.1) is 12.8 Å². The minimum absolute atomic E-state index is 0.214. The van der Waals surface area contributed by atoms with Gasteiger partial charge in [0.2, 0.25) is 0 Å². The molecule has 0 saturated heterocycles. The first-order valence-corrected chi connectivity index (χ1v) is 6.31. The van der Waals surface area contributed by atoms with Gasteiger partial charge in [-0.15, -0.1) is 0 Å². The van der Waals surface area contributed by atoms with Gasteiger partial charge < -0.3 is 4.74 Å². The molecule has 0 spiro atoms. The fourth-order valence-corrected chi connectivity index (χ4v) is 2.82. The summed E-state index contributed by atoms with van der Waals surface area (Å²) in [6.07, 6.45) is 0.926. The van der Waals surface area contributed by atoms with Crippen LogP contribution >= 0.6 is 11.6 Å². The number of carbonyl (C=O) groups excluding carboxylic acids is 1. The number of carbonyl (C=O) groups is 1. The maximum atomic E-state index is 11.5. The van der Waals surface area contributed by atoms with Crippen LogP contribution in [0.5, 0.6) is 0 Å². The Morgan fingerprint density at radius 3 is 2.84 bits per heavy atom. The van der Waals surface area contributed by atoms with Gasteiger partial charge in [-0.1, -0.05) is 28.8 Å². The van der Waals surface area contributed by atoms with E-state index in [9.17, 15) is 4.79 Å². The second kappa shape index (κ2) is 5.11. The van der Waals surface area contributed by atoms with Gasteiger partial charge in [0, 0.05) is 9.93 Å². The van der Waals surface area contributed by atoms with Crippen LogP contribution in [0.2, 0.25) is 5.02 Å². The van der Waals surface area contributed by atoms with Crippen molar-refractivity contribution >= 4 is 17.6 Å². The summed E-state index contributed by atoms with van der Waals surface area (Å²) < 4.78 is 4.72. The van der Waals surface area contributed by atoms with Crippen LogP contribution in [-0.4, -0.2) is 13.1 Å². The van der Waals surface area contributed by atoms with Gasteiger partial charge in [-0.3, -0.25) is 4.79 Å². The van der Waals surface area contributed by atoms with Gasteiger partial charge in [-0.25, -0.2) is 0 Å². The molecular weight excluding hydrogens is 266 g/mol. The van der Waals surface area contributed by atoms with Gasteiger partial charge in [0.25, 0.3) is 0 Å². The normalized spacial score (nSPS) is 25.1. The number of hydrogen-bond donors (Lipinski definition) is 0. The summed E-state index contributed by atoms with van der Waals surface area (Å²) in [5.41, 5.74) is 9.88. The van der Waals surface area contributed by atoms with E-state index in [0.717, 1.165) is 11.1 Å². The number of esters is 1. The monoisotopic (exact) mass is 279 g/mol. The van der Waals surface area contributed by atoms with Crippen molar-refractivity contribution in [2.24, 2.45) is 11.0 Å². The van der Waals surface area contributed by atoms with E-state index in [1.807, 2.05) is 19.1 Å². The first-order valence-electron chi connectivity index (χ1n) is 5.94. The van der Waals surface area contributed by atoms with Crippen LogP contribution in [-0.2, 0) is 15.1 Å². The van der Waals surface area contributed by atoms with Gasteiger partial charge in [0.15, 0.2) is 0 Å². The quantitative estimate of drug-likeness (QED) is 0.366. The molecule has 0 amide bonds. The van der Waals surface area contributed by atoms with E-state index in [-0.39, 0.29) is 11.9 Å². The lowest BCUT2D eigenvalue weighted by molar-refractivity contribution is -0.151. The molecule has 5 nitrogen and oxygen atoms in total. The van der Waals surface area contributed by atoms with Gasteiger partial charge in [-0.05, 0) is 42.5 Å². The highest BCUT2D eigenvalue weighted by Gasteiger charge is 2.49. The number of halogens is 1. The van der Waals surface area contributed by atoms with Crippen LogP contribution in [0.3, 0.4) is 0 Å². The summed E-state index contributed by atoms with van der Waals surface area (Å²) in [4.78, 5) is 14.4. The second-order valence-electron chi connectivity index (χ2n) is 4.76. The minimum atomic E-state index is -0.678. The Morgan fingerprint density at radius 1 is 1.58 bits per heavy atom. The average Bonchev–Trinajstić information content (AvgIpc) is 2.36. The molecule has 0 aromatic heterocycles. The Morgan fingerprint density at radius 2 is 2.26 bits per heavy atom. The molecule has 0 N–H and O–H groups in total. The SMILES string of the molecule is COC(=O)C1CC(N=[N+]=[N-])(c2cccc(Cl)c2C)C1. The molecule has 0 aliphatic heterocycles. The third-order valence-corrected chi connectivity index (χ3v) is 4.12. The van der Waals surface area contributed by atoms with Gasteiger partial charge >= 0.3 is 5.97 Å². The molecular formula is C13H14ClN3O2. The third-order valence-electron chi connectivity index (χ3n) is 3.71. The van der Waals surface area contributed by atoms with Crippen LogP contribution < -0.4 is 0 Å². The largest absolute Gasteiger partial charge is 0.469 e. The van der Waals surface area contributed by atoms with E-state index < -0.39 is 5.54 Å². The number of benzene rings is 1. The minimum Gasteiger partial charge on any atom is -0.469 e. The highest BCUT2D eigenvalue weighted by Crippen LogP contribution is 2.51. The summed E-state index contributed by atoms with van der Waals surface area (Å²) >= 11 is 6.10. The zero-order valence-corrected chi connectivity index (χ0v) is 11.5. The van der Waals surface area contributed by atoms with Crippen molar-refractivity contribution in [3.05, 3.63) is 44.8 Å². The molecule has 0 bridgehead atoms. The molecule has 0 radical (unpaired) electrons.